The third kappa shape index (κ3) is 8.00. The third-order valence-corrected chi connectivity index (χ3v) is 8.81. The van der Waals surface area contributed by atoms with E-state index in [2.05, 4.69) is 70.5 Å². The highest BCUT2D eigenvalue weighted by Crippen LogP contribution is 2.24. The lowest BCUT2D eigenvalue weighted by atomic mass is 10.0. The molecule has 6 heteroatoms. The van der Waals surface area contributed by atoms with Gasteiger partial charge in [0, 0.05) is 50.4 Å². The van der Waals surface area contributed by atoms with Gasteiger partial charge in [0.15, 0.2) is 0 Å². The van der Waals surface area contributed by atoms with Gasteiger partial charge in [-0.25, -0.2) is 0 Å². The maximum Gasteiger partial charge on any atom is 0.130 e. The van der Waals surface area contributed by atoms with Crippen LogP contribution in [0.1, 0.15) is 30.4 Å². The van der Waals surface area contributed by atoms with E-state index < -0.39 is 11.2 Å². The van der Waals surface area contributed by atoms with Crippen LogP contribution in [0.5, 0.6) is 5.75 Å². The van der Waals surface area contributed by atoms with E-state index in [1.54, 1.807) is 0 Å². The van der Waals surface area contributed by atoms with Gasteiger partial charge in [-0.15, -0.1) is 0 Å². The summed E-state index contributed by atoms with van der Waals surface area (Å²) in [6, 6.07) is 25.6. The summed E-state index contributed by atoms with van der Waals surface area (Å²) in [6.07, 6.45) is 4.76. The first-order valence-corrected chi connectivity index (χ1v) is 15.5. The fraction of sp³-hybridized carbons (Fsp3) is 0.438. The van der Waals surface area contributed by atoms with Crippen LogP contribution in [0, 0.1) is 0 Å². The summed E-state index contributed by atoms with van der Waals surface area (Å²) >= 11 is -0.883. The fourth-order valence-corrected chi connectivity index (χ4v) is 6.38. The number of nitrogens with zero attached hydrogens (tertiary/aromatic N) is 2. The lowest BCUT2D eigenvalue weighted by Gasteiger charge is -2.29. The molecule has 2 aliphatic rings. The highest BCUT2D eigenvalue weighted by molar-refractivity contribution is 7.90. The third-order valence-electron chi connectivity index (χ3n) is 7.50. The van der Waals surface area contributed by atoms with Gasteiger partial charge in [-0.2, -0.15) is 0 Å². The predicted molar refractivity (Wildman–Crippen MR) is 158 cm³/mol. The molecule has 5 nitrogen and oxygen atoms in total. The number of hydrogen-bond acceptors (Lipinski definition) is 5. The summed E-state index contributed by atoms with van der Waals surface area (Å²) < 4.78 is 24.2. The van der Waals surface area contributed by atoms with Gasteiger partial charge in [-0.3, -0.25) is 4.90 Å². The highest BCUT2D eigenvalue weighted by Gasteiger charge is 2.13. The first kappa shape index (κ1) is 27.1. The fourth-order valence-electron chi connectivity index (χ4n) is 5.20. The molecule has 0 aliphatic carbocycles. The average molecular weight is 533 g/mol. The minimum atomic E-state index is -0.883. The molecule has 5 rings (SSSR count). The van der Waals surface area contributed by atoms with E-state index in [0.717, 1.165) is 74.8 Å². The van der Waals surface area contributed by atoms with Gasteiger partial charge in [0.2, 0.25) is 0 Å². The molecule has 1 atom stereocenters. The van der Waals surface area contributed by atoms with Crippen molar-refractivity contribution in [3.63, 3.8) is 0 Å². The van der Waals surface area contributed by atoms with Crippen LogP contribution in [-0.2, 0) is 28.1 Å². The van der Waals surface area contributed by atoms with Crippen molar-refractivity contribution in [2.24, 2.45) is 0 Å². The summed E-state index contributed by atoms with van der Waals surface area (Å²) in [7, 11) is 0. The zero-order valence-corrected chi connectivity index (χ0v) is 23.2. The SMILES string of the molecule is [O-][S+](CCc1cccc(N2CCCCC2)c1)Cc1ccc(-c2ccc(OCCN3CCOCC3)cc2)cc1. The molecule has 0 amide bonds. The topological polar surface area (TPSA) is 48.0 Å². The number of hydrogen-bond donors (Lipinski definition) is 0. The summed E-state index contributed by atoms with van der Waals surface area (Å²) in [6.45, 7) is 7.52. The normalized spacial score (nSPS) is 17.3. The Labute approximate surface area is 230 Å². The molecule has 2 saturated heterocycles. The number of morpholine rings is 1. The molecule has 0 saturated carbocycles. The van der Waals surface area contributed by atoms with Crippen LogP contribution in [-0.4, -0.2) is 67.7 Å². The molecule has 2 fully saturated rings. The van der Waals surface area contributed by atoms with Gasteiger partial charge in [-0.05, 0) is 71.4 Å². The van der Waals surface area contributed by atoms with E-state index in [0.29, 0.717) is 18.1 Å². The number of anilines is 1. The van der Waals surface area contributed by atoms with E-state index in [-0.39, 0.29) is 0 Å². The molecule has 2 aliphatic heterocycles. The number of piperidine rings is 1. The monoisotopic (exact) mass is 532 g/mol. The molecule has 38 heavy (non-hydrogen) atoms. The smallest absolute Gasteiger partial charge is 0.130 e. The Morgan fingerprint density at radius 1 is 0.789 bits per heavy atom. The van der Waals surface area contributed by atoms with E-state index >= 15 is 0 Å². The van der Waals surface area contributed by atoms with Gasteiger partial charge < -0.3 is 18.9 Å². The minimum absolute atomic E-state index is 0.599. The van der Waals surface area contributed by atoms with Crippen LogP contribution in [0.4, 0.5) is 5.69 Å². The summed E-state index contributed by atoms with van der Waals surface area (Å²) in [5.74, 6) is 2.19. The zero-order valence-electron chi connectivity index (χ0n) is 22.4. The van der Waals surface area contributed by atoms with E-state index in [4.69, 9.17) is 9.47 Å². The molecule has 0 bridgehead atoms. The van der Waals surface area contributed by atoms with Gasteiger partial charge in [0.1, 0.15) is 23.9 Å². The van der Waals surface area contributed by atoms with E-state index in [1.807, 2.05) is 12.1 Å². The average Bonchev–Trinajstić information content (AvgIpc) is 2.98. The number of rotatable bonds is 11. The molecule has 0 aromatic heterocycles. The number of aryl methyl sites for hydroxylation is 1. The molecule has 202 valence electrons. The van der Waals surface area contributed by atoms with Crippen molar-refractivity contribution in [1.82, 2.24) is 4.90 Å². The van der Waals surface area contributed by atoms with Gasteiger partial charge in [0.25, 0.3) is 0 Å². The van der Waals surface area contributed by atoms with Crippen molar-refractivity contribution in [2.45, 2.75) is 31.4 Å². The summed E-state index contributed by atoms with van der Waals surface area (Å²) in [5, 5.41) is 0. The van der Waals surface area contributed by atoms with Gasteiger partial charge >= 0.3 is 0 Å². The molecule has 3 aromatic carbocycles. The molecule has 0 spiro atoms. The Hall–Kier alpha value is -2.51. The van der Waals surface area contributed by atoms with Crippen molar-refractivity contribution in [2.75, 3.05) is 63.2 Å². The maximum absolute atomic E-state index is 12.8. The lowest BCUT2D eigenvalue weighted by molar-refractivity contribution is 0.0322. The first-order valence-electron chi connectivity index (χ1n) is 14.0. The van der Waals surface area contributed by atoms with Crippen LogP contribution in [0.25, 0.3) is 11.1 Å². The Morgan fingerprint density at radius 2 is 1.50 bits per heavy atom. The van der Waals surface area contributed by atoms with Crippen LogP contribution >= 0.6 is 0 Å². The predicted octanol–water partition coefficient (Wildman–Crippen LogP) is 5.55. The number of ether oxygens (including phenoxy) is 2. The van der Waals surface area contributed by atoms with Crippen molar-refractivity contribution in [3.8, 4) is 16.9 Å². The zero-order chi connectivity index (χ0) is 26.0. The lowest BCUT2D eigenvalue weighted by Crippen LogP contribution is -2.38. The minimum Gasteiger partial charge on any atom is -0.616 e. The Morgan fingerprint density at radius 3 is 2.24 bits per heavy atom. The highest BCUT2D eigenvalue weighted by atomic mass is 32.2. The van der Waals surface area contributed by atoms with Crippen molar-refractivity contribution >= 4 is 16.9 Å². The summed E-state index contributed by atoms with van der Waals surface area (Å²) in [4.78, 5) is 4.86. The second kappa shape index (κ2) is 14.0. The molecule has 3 aromatic rings. The van der Waals surface area contributed by atoms with Crippen LogP contribution < -0.4 is 9.64 Å². The maximum atomic E-state index is 12.8. The van der Waals surface area contributed by atoms with E-state index in [9.17, 15) is 4.55 Å². The first-order chi connectivity index (χ1) is 18.7. The van der Waals surface area contributed by atoms with Crippen molar-refractivity contribution in [3.05, 3.63) is 83.9 Å². The van der Waals surface area contributed by atoms with Crippen molar-refractivity contribution in [1.29, 1.82) is 0 Å². The van der Waals surface area contributed by atoms with Gasteiger partial charge in [-0.1, -0.05) is 48.5 Å². The second-order valence-electron chi connectivity index (χ2n) is 10.3. The standard InChI is InChI=1S/C32H40N2O3S/c35-38(24-15-27-5-4-6-31(25-27)34-16-2-1-3-17-34)26-28-7-9-29(10-8-28)30-11-13-32(14-12-30)37-23-20-33-18-21-36-22-19-33/h4-14,25H,1-3,15-24,26H2. The molecule has 0 N–H and O–H groups in total. The quantitative estimate of drug-likeness (QED) is 0.303. The molecular formula is C32H40N2O3S. The molecule has 1 unspecified atom stereocenters. The second-order valence-corrected chi connectivity index (χ2v) is 11.9. The van der Waals surface area contributed by atoms with Crippen molar-refractivity contribution < 1.29 is 14.0 Å². The molecule has 2 heterocycles. The molecule has 0 radical (unpaired) electrons. The van der Waals surface area contributed by atoms with Crippen LogP contribution in [0.3, 0.4) is 0 Å². The number of benzene rings is 3. The molecular weight excluding hydrogens is 492 g/mol. The Bertz CT molecular complexity index is 1110. The summed E-state index contributed by atoms with van der Waals surface area (Å²) in [5.41, 5.74) is 6.04. The Balaban J connectivity index is 1.06. The van der Waals surface area contributed by atoms with E-state index in [1.165, 1.54) is 30.5 Å². The van der Waals surface area contributed by atoms with Crippen LogP contribution in [0.15, 0.2) is 72.8 Å². The largest absolute Gasteiger partial charge is 0.616 e. The van der Waals surface area contributed by atoms with Gasteiger partial charge in [0.05, 0.1) is 13.2 Å². The Kier molecular flexibility index (Phi) is 10.0. The van der Waals surface area contributed by atoms with Crippen LogP contribution in [0.2, 0.25) is 0 Å².